The normalized spacial score (nSPS) is 10.7. The van der Waals surface area contributed by atoms with E-state index in [9.17, 15) is 4.39 Å². The molecule has 0 unspecified atom stereocenters. The van der Waals surface area contributed by atoms with Gasteiger partial charge in [-0.05, 0) is 34.1 Å². The van der Waals surface area contributed by atoms with Gasteiger partial charge in [-0.1, -0.05) is 13.8 Å². The lowest BCUT2D eigenvalue weighted by atomic mass is 10.2. The third-order valence-corrected chi connectivity index (χ3v) is 3.24. The van der Waals surface area contributed by atoms with Gasteiger partial charge < -0.3 is 10.7 Å². The summed E-state index contributed by atoms with van der Waals surface area (Å²) < 4.78 is 13.9. The highest BCUT2D eigenvalue weighted by Gasteiger charge is 2.08. The quantitative estimate of drug-likeness (QED) is 0.586. The number of hydrogen-bond donors (Lipinski definition) is 3. The molecule has 0 aliphatic rings. The minimum atomic E-state index is -0.342. The highest BCUT2D eigenvalue weighted by atomic mass is 79.9. The summed E-state index contributed by atoms with van der Waals surface area (Å²) in [6, 6.07) is 6.42. The van der Waals surface area contributed by atoms with E-state index in [1.165, 1.54) is 6.07 Å². The first-order valence-corrected chi connectivity index (χ1v) is 6.86. The minimum absolute atomic E-state index is 0.158. The summed E-state index contributed by atoms with van der Waals surface area (Å²) in [5.74, 6) is 6.92. The molecule has 2 aromatic rings. The van der Waals surface area contributed by atoms with Crippen molar-refractivity contribution in [2.75, 3.05) is 10.7 Å². The lowest BCUT2D eigenvalue weighted by Gasteiger charge is -2.11. The predicted molar refractivity (Wildman–Crippen MR) is 81.3 cm³/mol. The van der Waals surface area contributed by atoms with E-state index < -0.39 is 0 Å². The van der Waals surface area contributed by atoms with Crippen molar-refractivity contribution in [3.63, 3.8) is 0 Å². The number of hydrazine groups is 1. The van der Waals surface area contributed by atoms with E-state index in [-0.39, 0.29) is 11.7 Å². The Bertz CT molecular complexity index is 618. The molecule has 1 heterocycles. The van der Waals surface area contributed by atoms with Crippen molar-refractivity contribution in [2.24, 2.45) is 5.84 Å². The van der Waals surface area contributed by atoms with Gasteiger partial charge in [-0.2, -0.15) is 0 Å². The van der Waals surface area contributed by atoms with Crippen molar-refractivity contribution in [1.29, 1.82) is 0 Å². The fourth-order valence-corrected chi connectivity index (χ4v) is 1.83. The first-order valence-electron chi connectivity index (χ1n) is 6.07. The van der Waals surface area contributed by atoms with Gasteiger partial charge in [-0.3, -0.25) is 0 Å². The molecular formula is C13H15BrFN5. The van der Waals surface area contributed by atoms with E-state index in [2.05, 4.69) is 36.6 Å². The van der Waals surface area contributed by atoms with Crippen LogP contribution in [0, 0.1) is 5.82 Å². The Balaban J connectivity index is 2.32. The van der Waals surface area contributed by atoms with Crippen LogP contribution in [0.5, 0.6) is 0 Å². The van der Waals surface area contributed by atoms with Crippen molar-refractivity contribution in [3.8, 4) is 0 Å². The minimum Gasteiger partial charge on any atom is -0.340 e. The fraction of sp³-hybridized carbons (Fsp3) is 0.231. The van der Waals surface area contributed by atoms with Crippen LogP contribution >= 0.6 is 15.9 Å². The van der Waals surface area contributed by atoms with Crippen molar-refractivity contribution < 1.29 is 4.39 Å². The summed E-state index contributed by atoms with van der Waals surface area (Å²) in [5, 5.41) is 3.03. The molecule has 20 heavy (non-hydrogen) atoms. The zero-order valence-electron chi connectivity index (χ0n) is 11.1. The average molecular weight is 340 g/mol. The molecule has 0 saturated carbocycles. The van der Waals surface area contributed by atoms with Gasteiger partial charge in [0.1, 0.15) is 23.3 Å². The molecule has 0 aliphatic carbocycles. The van der Waals surface area contributed by atoms with Gasteiger partial charge in [0, 0.05) is 17.7 Å². The first-order chi connectivity index (χ1) is 9.49. The Morgan fingerprint density at radius 3 is 2.50 bits per heavy atom. The van der Waals surface area contributed by atoms with E-state index in [4.69, 9.17) is 5.84 Å². The predicted octanol–water partition coefficient (Wildman–Crippen LogP) is 3.53. The van der Waals surface area contributed by atoms with Crippen molar-refractivity contribution in [3.05, 3.63) is 40.4 Å². The fourth-order valence-electron chi connectivity index (χ4n) is 1.58. The molecule has 0 aliphatic heterocycles. The van der Waals surface area contributed by atoms with Gasteiger partial charge >= 0.3 is 0 Å². The Morgan fingerprint density at radius 1 is 1.20 bits per heavy atom. The molecule has 4 N–H and O–H groups in total. The summed E-state index contributed by atoms with van der Waals surface area (Å²) in [6.07, 6.45) is 0. The van der Waals surface area contributed by atoms with Crippen LogP contribution in [0.15, 0.2) is 28.7 Å². The van der Waals surface area contributed by atoms with E-state index in [1.54, 1.807) is 18.2 Å². The monoisotopic (exact) mass is 339 g/mol. The van der Waals surface area contributed by atoms with Gasteiger partial charge in [0.05, 0.1) is 4.47 Å². The SMILES string of the molecule is CC(C)c1nc(NN)cc(Nc2ccc(Br)c(F)c2)n1. The number of nitrogen functional groups attached to an aromatic ring is 1. The van der Waals surface area contributed by atoms with Gasteiger partial charge in [0.25, 0.3) is 0 Å². The Labute approximate surface area is 124 Å². The molecule has 0 spiro atoms. The smallest absolute Gasteiger partial charge is 0.145 e. The Morgan fingerprint density at radius 2 is 1.90 bits per heavy atom. The number of hydrogen-bond acceptors (Lipinski definition) is 5. The molecule has 0 bridgehead atoms. The van der Waals surface area contributed by atoms with E-state index in [0.29, 0.717) is 27.6 Å². The number of aromatic nitrogens is 2. The second-order valence-electron chi connectivity index (χ2n) is 4.55. The second-order valence-corrected chi connectivity index (χ2v) is 5.40. The highest BCUT2D eigenvalue weighted by Crippen LogP contribution is 2.23. The number of nitrogens with zero attached hydrogens (tertiary/aromatic N) is 2. The largest absolute Gasteiger partial charge is 0.340 e. The van der Waals surface area contributed by atoms with Crippen LogP contribution in [0.1, 0.15) is 25.6 Å². The molecule has 2 rings (SSSR count). The van der Waals surface area contributed by atoms with Crippen LogP contribution in [0.4, 0.5) is 21.7 Å². The number of nitrogens with two attached hydrogens (primary N) is 1. The number of anilines is 3. The van der Waals surface area contributed by atoms with Crippen molar-refractivity contribution >= 4 is 33.3 Å². The zero-order chi connectivity index (χ0) is 14.7. The summed E-state index contributed by atoms with van der Waals surface area (Å²) in [5.41, 5.74) is 3.10. The van der Waals surface area contributed by atoms with Crippen LogP contribution in [-0.2, 0) is 0 Å². The summed E-state index contributed by atoms with van der Waals surface area (Å²) in [6.45, 7) is 3.97. The number of rotatable bonds is 4. The summed E-state index contributed by atoms with van der Waals surface area (Å²) in [4.78, 5) is 8.63. The van der Waals surface area contributed by atoms with Gasteiger partial charge in [0.15, 0.2) is 0 Å². The third kappa shape index (κ3) is 3.43. The van der Waals surface area contributed by atoms with E-state index in [1.807, 2.05) is 13.8 Å². The van der Waals surface area contributed by atoms with Crippen LogP contribution < -0.4 is 16.6 Å². The number of halogens is 2. The summed E-state index contributed by atoms with van der Waals surface area (Å²) in [7, 11) is 0. The average Bonchev–Trinajstić information content (AvgIpc) is 2.42. The van der Waals surface area contributed by atoms with Crippen LogP contribution in [-0.4, -0.2) is 9.97 Å². The van der Waals surface area contributed by atoms with E-state index >= 15 is 0 Å². The summed E-state index contributed by atoms with van der Waals surface area (Å²) >= 11 is 3.11. The van der Waals surface area contributed by atoms with Gasteiger partial charge in [-0.25, -0.2) is 20.2 Å². The molecule has 0 radical (unpaired) electrons. The van der Waals surface area contributed by atoms with Gasteiger partial charge in [-0.15, -0.1) is 0 Å². The Hall–Kier alpha value is -1.73. The first kappa shape index (κ1) is 14.7. The molecule has 106 valence electrons. The maximum absolute atomic E-state index is 13.5. The molecule has 5 nitrogen and oxygen atoms in total. The molecule has 0 atom stereocenters. The van der Waals surface area contributed by atoms with Crippen molar-refractivity contribution in [1.82, 2.24) is 9.97 Å². The van der Waals surface area contributed by atoms with Gasteiger partial charge in [0.2, 0.25) is 0 Å². The van der Waals surface area contributed by atoms with Crippen LogP contribution in [0.3, 0.4) is 0 Å². The van der Waals surface area contributed by atoms with Crippen LogP contribution in [0.25, 0.3) is 0 Å². The maximum Gasteiger partial charge on any atom is 0.145 e. The topological polar surface area (TPSA) is 75.9 Å². The molecule has 0 saturated heterocycles. The zero-order valence-corrected chi connectivity index (χ0v) is 12.7. The lowest BCUT2D eigenvalue weighted by molar-refractivity contribution is 0.622. The van der Waals surface area contributed by atoms with Crippen LogP contribution in [0.2, 0.25) is 0 Å². The molecule has 0 fully saturated rings. The molecular weight excluding hydrogens is 325 g/mol. The lowest BCUT2D eigenvalue weighted by Crippen LogP contribution is -2.12. The maximum atomic E-state index is 13.5. The highest BCUT2D eigenvalue weighted by molar-refractivity contribution is 9.10. The molecule has 1 aromatic heterocycles. The number of benzene rings is 1. The molecule has 0 amide bonds. The van der Waals surface area contributed by atoms with E-state index in [0.717, 1.165) is 0 Å². The van der Waals surface area contributed by atoms with Crippen molar-refractivity contribution in [2.45, 2.75) is 19.8 Å². The standard InChI is InChI=1S/C13H15BrFN5/c1-7(2)13-18-11(6-12(19-13)20-16)17-8-3-4-9(14)10(15)5-8/h3-7H,16H2,1-2H3,(H2,17,18,19,20). The third-order valence-electron chi connectivity index (χ3n) is 2.60. The molecule has 1 aromatic carbocycles. The second kappa shape index (κ2) is 6.15. The number of nitrogens with one attached hydrogen (secondary N) is 2. The molecule has 7 heteroatoms. The Kier molecular flexibility index (Phi) is 4.51.